The first-order valence-electron chi connectivity index (χ1n) is 4.33. The molecule has 3 nitrogen and oxygen atoms in total. The Labute approximate surface area is 133 Å². The van der Waals surface area contributed by atoms with Crippen LogP contribution in [-0.4, -0.2) is 0 Å². The van der Waals surface area contributed by atoms with Crippen LogP contribution in [0.5, 0.6) is 0 Å². The minimum absolute atomic E-state index is 0. The van der Waals surface area contributed by atoms with Crippen molar-refractivity contribution < 1.29 is 49.3 Å². The molecule has 0 aromatic heterocycles. The average molecular weight is 421 g/mol. The number of rotatable bonds is 0. The first-order valence-corrected chi connectivity index (χ1v) is 6.36. The van der Waals surface area contributed by atoms with Gasteiger partial charge in [0.15, 0.2) is 0 Å². The molecule has 1 rings (SSSR count). The van der Waals surface area contributed by atoms with Crippen molar-refractivity contribution in [3.05, 3.63) is 38.8 Å². The molecule has 0 amide bonds. The third-order valence-electron chi connectivity index (χ3n) is 0.556. The van der Waals surface area contributed by atoms with E-state index in [0.717, 1.165) is 0 Å². The maximum Gasteiger partial charge on any atom is 2.00 e. The molecule has 121 valence electrons. The Morgan fingerprint density at radius 2 is 0.810 bits per heavy atom. The van der Waals surface area contributed by atoms with Crippen molar-refractivity contribution in [2.45, 2.75) is 13.8 Å². The minimum Gasteiger partial charge on any atom is -0.0312 e. The second-order valence-corrected chi connectivity index (χ2v) is 4.28. The van der Waals surface area contributed by atoms with Gasteiger partial charge in [-0.1, -0.05) is 0 Å². The first kappa shape index (κ1) is 32.3. The van der Waals surface area contributed by atoms with Crippen LogP contribution >= 0.6 is 7.81 Å². The Morgan fingerprint density at radius 1 is 0.762 bits per heavy atom. The van der Waals surface area contributed by atoms with Gasteiger partial charge >= 0.3 is 63.8 Å². The Balaban J connectivity index is -0.0000000542. The summed E-state index contributed by atoms with van der Waals surface area (Å²) in [5.41, 5.74) is 0. The fourth-order valence-corrected chi connectivity index (χ4v) is 0.321. The Hall–Kier alpha value is -0.647. The summed E-state index contributed by atoms with van der Waals surface area (Å²) in [6.45, 7) is 7.36. The molecule has 0 aromatic rings. The smallest absolute Gasteiger partial charge is 0.0312 e. The molecule has 0 heterocycles. The van der Waals surface area contributed by atoms with Crippen molar-refractivity contribution >= 4 is 7.81 Å². The van der Waals surface area contributed by atoms with E-state index in [1.165, 1.54) is 13.8 Å². The van der Waals surface area contributed by atoms with Gasteiger partial charge in [0, 0.05) is 13.8 Å². The molecule has 0 aromatic carbocycles. The number of halogens is 6. The maximum atomic E-state index is 9.87. The van der Waals surface area contributed by atoms with Crippen LogP contribution in [0.1, 0.15) is 13.8 Å². The number of hydrogen-bond acceptors (Lipinski definition) is 2. The average Bonchev–Trinajstić information content (AvgIpc) is 2.75. The Kier molecular flexibility index (Phi) is 22.0. The molecule has 5 radical (unpaired) electrons. The Morgan fingerprint density at radius 3 is 0.857 bits per heavy atom. The van der Waals surface area contributed by atoms with Crippen LogP contribution in [0.2, 0.25) is 0 Å². The van der Waals surface area contributed by atoms with Gasteiger partial charge in [0.25, 0.3) is 0 Å². The van der Waals surface area contributed by atoms with Crippen LogP contribution in [0, 0.1) is 61.4 Å². The van der Waals surface area contributed by atoms with Gasteiger partial charge in [-0.25, -0.2) is 0 Å². The van der Waals surface area contributed by atoms with Gasteiger partial charge in [-0.2, -0.15) is 10.5 Å². The van der Waals surface area contributed by atoms with E-state index < -0.39 is 7.81 Å². The maximum absolute atomic E-state index is 10.7. The summed E-state index contributed by atoms with van der Waals surface area (Å²) in [6, 6.07) is 3.50. The standard InChI is InChI=1S/C5H5.2C2H3N.CO.F6P.Ru/c1-2-4-5-3-1;2*1-2-3;1-2;1-7(2,3,4,5)6;/h1-5H;2*1H3;;;/q;;;;-1;+2. The van der Waals surface area contributed by atoms with E-state index in [9.17, 15) is 25.2 Å². The molecule has 0 saturated heterocycles. The zero-order valence-electron chi connectivity index (χ0n) is 10.8. The fourth-order valence-electron chi connectivity index (χ4n) is 0.321. The van der Waals surface area contributed by atoms with E-state index >= 15 is 0 Å². The van der Waals surface area contributed by atoms with Crippen LogP contribution in [0.25, 0.3) is 0 Å². The van der Waals surface area contributed by atoms with Crippen LogP contribution in [0.4, 0.5) is 25.2 Å². The van der Waals surface area contributed by atoms with Gasteiger partial charge in [0.2, 0.25) is 0 Å². The fraction of sp³-hybridized carbons (Fsp3) is 0.200. The number of hydrogen-bond donors (Lipinski definition) is 0. The third kappa shape index (κ3) is 308. The molecular formula is C10H11F6N2OPRu+. The molecular weight excluding hydrogens is 410 g/mol. The van der Waals surface area contributed by atoms with Gasteiger partial charge < -0.3 is 0 Å². The zero-order valence-corrected chi connectivity index (χ0v) is 13.4. The predicted octanol–water partition coefficient (Wildman–Crippen LogP) is 5.42. The quantitative estimate of drug-likeness (QED) is 0.172. The zero-order chi connectivity index (χ0) is 17.4. The van der Waals surface area contributed by atoms with Gasteiger partial charge in [-0.05, 0) is 32.1 Å². The summed E-state index contributed by atoms with van der Waals surface area (Å²) < 4.78 is 66.7. The molecule has 0 unspecified atom stereocenters. The summed E-state index contributed by atoms with van der Waals surface area (Å²) >= 11 is 0. The van der Waals surface area contributed by atoms with E-state index in [1.54, 1.807) is 12.1 Å². The molecule has 1 saturated carbocycles. The second kappa shape index (κ2) is 14.3. The van der Waals surface area contributed by atoms with Crippen molar-refractivity contribution in [1.82, 2.24) is 0 Å². The molecule has 0 spiro atoms. The second-order valence-electron chi connectivity index (χ2n) is 2.37. The van der Waals surface area contributed by atoms with Gasteiger partial charge in [-0.3, -0.25) is 0 Å². The molecule has 0 atom stereocenters. The van der Waals surface area contributed by atoms with Gasteiger partial charge in [0.1, 0.15) is 0 Å². The van der Waals surface area contributed by atoms with Crippen molar-refractivity contribution in [2.24, 2.45) is 0 Å². The van der Waals surface area contributed by atoms with Crippen LogP contribution in [0.3, 0.4) is 0 Å². The molecule has 11 heteroatoms. The summed E-state index contributed by atoms with van der Waals surface area (Å²) in [5, 5.41) is 14.6. The van der Waals surface area contributed by atoms with Crippen molar-refractivity contribution in [3.8, 4) is 12.1 Å². The van der Waals surface area contributed by atoms with E-state index in [2.05, 4.69) is 6.65 Å². The summed E-state index contributed by atoms with van der Waals surface area (Å²) in [4.78, 5) is 0. The van der Waals surface area contributed by atoms with Crippen LogP contribution in [0.15, 0.2) is 0 Å². The van der Waals surface area contributed by atoms with E-state index in [4.69, 9.17) is 15.2 Å². The van der Waals surface area contributed by atoms with Crippen molar-refractivity contribution in [2.75, 3.05) is 0 Å². The van der Waals surface area contributed by atoms with E-state index in [1.807, 2.05) is 32.1 Å². The van der Waals surface area contributed by atoms with Gasteiger partial charge in [0.05, 0.1) is 12.1 Å². The Bertz CT molecular complexity index is 295. The first-order chi connectivity index (χ1) is 8.78. The summed E-state index contributed by atoms with van der Waals surface area (Å²) in [5.74, 6) is 0. The molecule has 1 aliphatic carbocycles. The van der Waals surface area contributed by atoms with Gasteiger partial charge in [-0.15, -0.1) is 0 Å². The van der Waals surface area contributed by atoms with Crippen molar-refractivity contribution in [3.63, 3.8) is 0 Å². The minimum atomic E-state index is -10.7. The molecule has 0 bridgehead atoms. The number of nitriles is 2. The molecule has 1 aliphatic rings. The van der Waals surface area contributed by atoms with Crippen molar-refractivity contribution in [1.29, 1.82) is 10.5 Å². The summed E-state index contributed by atoms with van der Waals surface area (Å²) in [6.07, 6.45) is 10.0. The largest absolute Gasteiger partial charge is 2.00 e. The van der Waals surface area contributed by atoms with Crippen LogP contribution in [-0.2, 0) is 24.1 Å². The normalized spacial score (nSPS) is 14.3. The van der Waals surface area contributed by atoms with E-state index in [0.29, 0.717) is 0 Å². The third-order valence-corrected chi connectivity index (χ3v) is 0.556. The van der Waals surface area contributed by atoms with Crippen LogP contribution < -0.4 is 0 Å². The summed E-state index contributed by atoms with van der Waals surface area (Å²) in [7, 11) is -10.7. The monoisotopic (exact) mass is 422 g/mol. The molecule has 0 aliphatic heterocycles. The van der Waals surface area contributed by atoms with E-state index in [-0.39, 0.29) is 19.5 Å². The molecule has 21 heavy (non-hydrogen) atoms. The number of nitrogens with zero attached hydrogens (tertiary/aromatic N) is 2. The molecule has 0 N–H and O–H groups in total. The predicted molar refractivity (Wildman–Crippen MR) is 61.6 cm³/mol. The SMILES string of the molecule is CC#N.CC#N.F[P-](F)(F)(F)(F)F.[C-]#[O+].[CH]1[CH][CH][CH][CH]1.[Ru+2]. The molecule has 1 fully saturated rings. The topological polar surface area (TPSA) is 67.5 Å².